The Balaban J connectivity index is 2.10. The summed E-state index contributed by atoms with van der Waals surface area (Å²) in [5, 5.41) is 2.71. The lowest BCUT2D eigenvalue weighted by Crippen LogP contribution is -2.34. The standard InChI is InChI=1S/C19H21F3N2O2/c1-24(2)17(13-7-9-16(26-3)10-8-13)12-23-18(25)14-5-4-6-15(11-14)19(20,21)22/h4-11,17H,12H2,1-3H3,(H,23,25). The second kappa shape index (κ2) is 8.23. The van der Waals surface area contributed by atoms with Crippen molar-refractivity contribution in [3.8, 4) is 5.75 Å². The number of alkyl halides is 3. The van der Waals surface area contributed by atoms with E-state index in [0.717, 1.165) is 23.4 Å². The van der Waals surface area contributed by atoms with Crippen LogP contribution in [0.1, 0.15) is 27.5 Å². The number of hydrogen-bond donors (Lipinski definition) is 1. The fourth-order valence-corrected chi connectivity index (χ4v) is 2.55. The van der Waals surface area contributed by atoms with Gasteiger partial charge in [0.2, 0.25) is 0 Å². The van der Waals surface area contributed by atoms with Crippen LogP contribution in [0.25, 0.3) is 0 Å². The summed E-state index contributed by atoms with van der Waals surface area (Å²) in [7, 11) is 5.31. The van der Waals surface area contributed by atoms with Crippen LogP contribution in [0.3, 0.4) is 0 Å². The van der Waals surface area contributed by atoms with Crippen molar-refractivity contribution in [1.29, 1.82) is 0 Å². The van der Waals surface area contributed by atoms with E-state index in [2.05, 4.69) is 5.32 Å². The van der Waals surface area contributed by atoms with Gasteiger partial charge in [-0.15, -0.1) is 0 Å². The predicted octanol–water partition coefficient (Wildman–Crippen LogP) is 3.75. The zero-order valence-electron chi connectivity index (χ0n) is 14.8. The number of carbonyl (C=O) groups is 1. The molecule has 0 fully saturated rings. The van der Waals surface area contributed by atoms with Gasteiger partial charge in [0.25, 0.3) is 5.91 Å². The lowest BCUT2D eigenvalue weighted by atomic mass is 10.1. The number of carbonyl (C=O) groups excluding carboxylic acids is 1. The summed E-state index contributed by atoms with van der Waals surface area (Å²) in [4.78, 5) is 14.2. The third-order valence-electron chi connectivity index (χ3n) is 4.03. The number of halogens is 3. The predicted molar refractivity (Wildman–Crippen MR) is 93.2 cm³/mol. The normalized spacial score (nSPS) is 12.7. The highest BCUT2D eigenvalue weighted by atomic mass is 19.4. The Morgan fingerprint density at radius 2 is 1.81 bits per heavy atom. The summed E-state index contributed by atoms with van der Waals surface area (Å²) >= 11 is 0. The van der Waals surface area contributed by atoms with E-state index in [1.165, 1.54) is 12.1 Å². The van der Waals surface area contributed by atoms with Crippen molar-refractivity contribution in [1.82, 2.24) is 10.2 Å². The first-order valence-electron chi connectivity index (χ1n) is 7.98. The highest BCUT2D eigenvalue weighted by Crippen LogP contribution is 2.29. The van der Waals surface area contributed by atoms with Gasteiger partial charge < -0.3 is 15.0 Å². The fourth-order valence-electron chi connectivity index (χ4n) is 2.55. The van der Waals surface area contributed by atoms with Crippen molar-refractivity contribution < 1.29 is 22.7 Å². The van der Waals surface area contributed by atoms with Crippen LogP contribution >= 0.6 is 0 Å². The first-order valence-corrected chi connectivity index (χ1v) is 7.98. The average molecular weight is 366 g/mol. The molecule has 7 heteroatoms. The Labute approximate surface area is 150 Å². The minimum absolute atomic E-state index is 0.0212. The van der Waals surface area contributed by atoms with Crippen molar-refractivity contribution >= 4 is 5.91 Å². The van der Waals surface area contributed by atoms with Gasteiger partial charge in [-0.2, -0.15) is 13.2 Å². The molecule has 0 aliphatic heterocycles. The maximum absolute atomic E-state index is 12.8. The highest BCUT2D eigenvalue weighted by molar-refractivity contribution is 5.94. The summed E-state index contributed by atoms with van der Waals surface area (Å²) in [6, 6.07) is 11.7. The number of amides is 1. The van der Waals surface area contributed by atoms with E-state index in [0.29, 0.717) is 0 Å². The first kappa shape index (κ1) is 19.8. The van der Waals surface area contributed by atoms with Gasteiger partial charge in [0, 0.05) is 12.1 Å². The third kappa shape index (κ3) is 4.98. The van der Waals surface area contributed by atoms with E-state index in [1.807, 2.05) is 43.3 Å². The average Bonchev–Trinajstić information content (AvgIpc) is 2.61. The molecule has 1 unspecified atom stereocenters. The molecular weight excluding hydrogens is 345 g/mol. The Hall–Kier alpha value is -2.54. The first-order chi connectivity index (χ1) is 12.2. The molecule has 0 radical (unpaired) electrons. The molecule has 0 saturated carbocycles. The van der Waals surface area contributed by atoms with Crippen LogP contribution in [0.15, 0.2) is 48.5 Å². The molecule has 0 spiro atoms. The summed E-state index contributed by atoms with van der Waals surface area (Å²) in [5.41, 5.74) is 0.0941. The molecule has 0 bridgehead atoms. The van der Waals surface area contributed by atoms with Crippen molar-refractivity contribution in [2.45, 2.75) is 12.2 Å². The summed E-state index contributed by atoms with van der Waals surface area (Å²) in [6.45, 7) is 0.258. The maximum Gasteiger partial charge on any atom is 0.416 e. The Morgan fingerprint density at radius 1 is 1.15 bits per heavy atom. The van der Waals surface area contributed by atoms with E-state index in [1.54, 1.807) is 7.11 Å². The molecule has 0 saturated heterocycles. The number of nitrogens with zero attached hydrogens (tertiary/aromatic N) is 1. The molecule has 2 rings (SSSR count). The number of benzene rings is 2. The van der Waals surface area contributed by atoms with Crippen LogP contribution in [0, 0.1) is 0 Å². The van der Waals surface area contributed by atoms with Gasteiger partial charge in [0.05, 0.1) is 18.7 Å². The van der Waals surface area contributed by atoms with Crippen LogP contribution in [0.5, 0.6) is 5.75 Å². The SMILES string of the molecule is COc1ccc(C(CNC(=O)c2cccc(C(F)(F)F)c2)N(C)C)cc1. The van der Waals surface area contributed by atoms with Crippen molar-refractivity contribution in [2.24, 2.45) is 0 Å². The number of rotatable bonds is 6. The second-order valence-corrected chi connectivity index (χ2v) is 6.04. The zero-order chi connectivity index (χ0) is 19.3. The van der Waals surface area contributed by atoms with Gasteiger partial charge in [-0.05, 0) is 50.0 Å². The number of ether oxygens (including phenoxy) is 1. The van der Waals surface area contributed by atoms with Gasteiger partial charge in [0.15, 0.2) is 0 Å². The summed E-state index contributed by atoms with van der Waals surface area (Å²) in [6.07, 6.45) is -4.48. The minimum atomic E-state index is -4.48. The second-order valence-electron chi connectivity index (χ2n) is 6.04. The topological polar surface area (TPSA) is 41.6 Å². The number of likely N-dealkylation sites (N-methyl/N-ethyl adjacent to an activating group) is 1. The minimum Gasteiger partial charge on any atom is -0.497 e. The molecule has 140 valence electrons. The molecular formula is C19H21F3N2O2. The summed E-state index contributed by atoms with van der Waals surface area (Å²) < 4.78 is 43.5. The van der Waals surface area contributed by atoms with Crippen molar-refractivity contribution in [3.63, 3.8) is 0 Å². The Morgan fingerprint density at radius 3 is 2.35 bits per heavy atom. The van der Waals surface area contributed by atoms with Crippen LogP contribution in [0.2, 0.25) is 0 Å². The van der Waals surface area contributed by atoms with E-state index in [-0.39, 0.29) is 18.2 Å². The highest BCUT2D eigenvalue weighted by Gasteiger charge is 2.31. The lowest BCUT2D eigenvalue weighted by Gasteiger charge is -2.25. The quantitative estimate of drug-likeness (QED) is 0.847. The Kier molecular flexibility index (Phi) is 6.26. The van der Waals surface area contributed by atoms with Gasteiger partial charge in [-0.1, -0.05) is 18.2 Å². The van der Waals surface area contributed by atoms with Gasteiger partial charge in [0.1, 0.15) is 5.75 Å². The molecule has 1 amide bonds. The third-order valence-corrected chi connectivity index (χ3v) is 4.03. The van der Waals surface area contributed by atoms with Gasteiger partial charge in [-0.25, -0.2) is 0 Å². The molecule has 0 aromatic heterocycles. The van der Waals surface area contributed by atoms with Gasteiger partial charge in [-0.3, -0.25) is 4.79 Å². The van der Waals surface area contributed by atoms with E-state index in [4.69, 9.17) is 4.74 Å². The largest absolute Gasteiger partial charge is 0.497 e. The van der Waals surface area contributed by atoms with E-state index >= 15 is 0 Å². The van der Waals surface area contributed by atoms with Gasteiger partial charge >= 0.3 is 6.18 Å². The van der Waals surface area contributed by atoms with Crippen molar-refractivity contribution in [2.75, 3.05) is 27.7 Å². The molecule has 1 N–H and O–H groups in total. The molecule has 0 aliphatic carbocycles. The Bertz CT molecular complexity index is 743. The lowest BCUT2D eigenvalue weighted by molar-refractivity contribution is -0.137. The molecule has 1 atom stereocenters. The van der Waals surface area contributed by atoms with E-state index < -0.39 is 17.6 Å². The van der Waals surface area contributed by atoms with Crippen LogP contribution in [0.4, 0.5) is 13.2 Å². The van der Waals surface area contributed by atoms with Crippen LogP contribution in [-0.4, -0.2) is 38.6 Å². The maximum atomic E-state index is 12.8. The molecule has 0 aliphatic rings. The van der Waals surface area contributed by atoms with Crippen LogP contribution < -0.4 is 10.1 Å². The molecule has 4 nitrogen and oxygen atoms in total. The number of nitrogens with one attached hydrogen (secondary N) is 1. The van der Waals surface area contributed by atoms with Crippen LogP contribution in [-0.2, 0) is 6.18 Å². The molecule has 0 heterocycles. The summed E-state index contributed by atoms with van der Waals surface area (Å²) in [5.74, 6) is 0.177. The fraction of sp³-hybridized carbons (Fsp3) is 0.316. The smallest absolute Gasteiger partial charge is 0.416 e. The monoisotopic (exact) mass is 366 g/mol. The van der Waals surface area contributed by atoms with E-state index in [9.17, 15) is 18.0 Å². The zero-order valence-corrected chi connectivity index (χ0v) is 14.8. The molecule has 2 aromatic rings. The van der Waals surface area contributed by atoms with Crippen molar-refractivity contribution in [3.05, 3.63) is 65.2 Å². The molecule has 26 heavy (non-hydrogen) atoms. The number of hydrogen-bond acceptors (Lipinski definition) is 3. The number of methoxy groups -OCH3 is 1. The molecule has 2 aromatic carbocycles.